The minimum Gasteiger partial charge on any atom is -0.444 e. The molecule has 0 saturated carbocycles. The van der Waals surface area contributed by atoms with Crippen LogP contribution in [0.4, 0.5) is 4.79 Å². The first kappa shape index (κ1) is 17.7. The van der Waals surface area contributed by atoms with E-state index in [-0.39, 0.29) is 12.5 Å². The lowest BCUT2D eigenvalue weighted by molar-refractivity contribution is -0.126. The molecule has 0 spiro atoms. The highest BCUT2D eigenvalue weighted by Crippen LogP contribution is 2.06. The molecule has 8 heteroatoms. The summed E-state index contributed by atoms with van der Waals surface area (Å²) in [5, 5.41) is 10.4. The summed E-state index contributed by atoms with van der Waals surface area (Å²) in [6.07, 6.45) is 2.44. The molecule has 0 saturated heterocycles. The fraction of sp³-hybridized carbons (Fsp3) is 0.571. The van der Waals surface area contributed by atoms with Crippen molar-refractivity contribution in [1.82, 2.24) is 25.2 Å². The minimum atomic E-state index is -0.555. The molecule has 1 N–H and O–H groups in total. The van der Waals surface area contributed by atoms with E-state index in [1.807, 2.05) is 0 Å². The highest BCUT2D eigenvalue weighted by Gasteiger charge is 2.17. The lowest BCUT2D eigenvalue weighted by atomic mass is 10.2. The monoisotopic (exact) mass is 309 g/mol. The molecule has 2 amide bonds. The van der Waals surface area contributed by atoms with Crippen molar-refractivity contribution >= 4 is 12.0 Å². The van der Waals surface area contributed by atoms with Crippen molar-refractivity contribution in [3.05, 3.63) is 24.5 Å². The Morgan fingerprint density at radius 2 is 2.18 bits per heavy atom. The van der Waals surface area contributed by atoms with Gasteiger partial charge in [-0.05, 0) is 26.8 Å². The molecule has 1 aromatic rings. The van der Waals surface area contributed by atoms with Crippen LogP contribution in [0.2, 0.25) is 0 Å². The molecule has 1 heterocycles. The number of aryl methyl sites for hydroxylation is 1. The second kappa shape index (κ2) is 7.58. The average molecular weight is 309 g/mol. The SMILES string of the molecule is C=CC(=O)N(CCNC(=O)OC(C)(C)C)Cc1cn(C)nn1. The van der Waals surface area contributed by atoms with Crippen LogP contribution < -0.4 is 5.32 Å². The van der Waals surface area contributed by atoms with Crippen LogP contribution >= 0.6 is 0 Å². The Morgan fingerprint density at radius 3 is 2.68 bits per heavy atom. The van der Waals surface area contributed by atoms with Gasteiger partial charge in [0.1, 0.15) is 11.3 Å². The van der Waals surface area contributed by atoms with E-state index in [0.29, 0.717) is 18.8 Å². The third-order valence-electron chi connectivity index (χ3n) is 2.54. The molecule has 1 aromatic heterocycles. The number of amides is 2. The lowest BCUT2D eigenvalue weighted by Gasteiger charge is -2.22. The predicted molar refractivity (Wildman–Crippen MR) is 80.9 cm³/mol. The Bertz CT molecular complexity index is 533. The van der Waals surface area contributed by atoms with E-state index in [1.54, 1.807) is 38.7 Å². The molecule has 8 nitrogen and oxygen atoms in total. The number of hydrogen-bond acceptors (Lipinski definition) is 5. The average Bonchev–Trinajstić information content (AvgIpc) is 2.80. The first-order valence-electron chi connectivity index (χ1n) is 6.94. The Balaban J connectivity index is 2.50. The van der Waals surface area contributed by atoms with Gasteiger partial charge < -0.3 is 15.0 Å². The smallest absolute Gasteiger partial charge is 0.407 e. The van der Waals surface area contributed by atoms with E-state index in [4.69, 9.17) is 4.74 Å². The van der Waals surface area contributed by atoms with Crippen molar-refractivity contribution in [1.29, 1.82) is 0 Å². The normalized spacial score (nSPS) is 10.9. The predicted octanol–water partition coefficient (Wildman–Crippen LogP) is 0.854. The van der Waals surface area contributed by atoms with Gasteiger partial charge in [0.15, 0.2) is 0 Å². The van der Waals surface area contributed by atoms with Crippen molar-refractivity contribution in [3.63, 3.8) is 0 Å². The number of rotatable bonds is 6. The van der Waals surface area contributed by atoms with Gasteiger partial charge in [-0.3, -0.25) is 9.48 Å². The molecule has 0 aliphatic rings. The fourth-order valence-electron chi connectivity index (χ4n) is 1.67. The number of nitrogens with zero attached hydrogens (tertiary/aromatic N) is 4. The zero-order chi connectivity index (χ0) is 16.8. The van der Waals surface area contributed by atoms with E-state index in [0.717, 1.165) is 0 Å². The van der Waals surface area contributed by atoms with Gasteiger partial charge >= 0.3 is 6.09 Å². The molecule has 0 aliphatic carbocycles. The summed E-state index contributed by atoms with van der Waals surface area (Å²) in [4.78, 5) is 24.9. The Hall–Kier alpha value is -2.38. The van der Waals surface area contributed by atoms with Crippen LogP contribution in [0, 0.1) is 0 Å². The highest BCUT2D eigenvalue weighted by atomic mass is 16.6. The molecule has 0 atom stereocenters. The van der Waals surface area contributed by atoms with Crippen molar-refractivity contribution in [3.8, 4) is 0 Å². The van der Waals surface area contributed by atoms with Crippen molar-refractivity contribution in [2.24, 2.45) is 7.05 Å². The van der Waals surface area contributed by atoms with Gasteiger partial charge in [-0.15, -0.1) is 5.10 Å². The second-order valence-electron chi connectivity index (χ2n) is 5.78. The van der Waals surface area contributed by atoms with Crippen LogP contribution in [0.3, 0.4) is 0 Å². The summed E-state index contributed by atoms with van der Waals surface area (Å²) in [5.41, 5.74) is 0.107. The number of carbonyl (C=O) groups is 2. The quantitative estimate of drug-likeness (QED) is 0.787. The standard InChI is InChI=1S/C14H23N5O3/c1-6-12(20)19(10-11-9-18(5)17-16-11)8-7-15-13(21)22-14(2,3)4/h6,9H,1,7-8,10H2,2-5H3,(H,15,21). The van der Waals surface area contributed by atoms with Crippen LogP contribution in [-0.2, 0) is 23.1 Å². The first-order chi connectivity index (χ1) is 10.2. The highest BCUT2D eigenvalue weighted by molar-refractivity contribution is 5.86. The molecular formula is C14H23N5O3. The lowest BCUT2D eigenvalue weighted by Crippen LogP contribution is -2.39. The van der Waals surface area contributed by atoms with Crippen LogP contribution in [0.25, 0.3) is 0 Å². The number of carbonyl (C=O) groups excluding carboxylic acids is 2. The maximum Gasteiger partial charge on any atom is 0.407 e. The van der Waals surface area contributed by atoms with E-state index >= 15 is 0 Å². The Kier molecular flexibility index (Phi) is 6.09. The molecule has 0 aromatic carbocycles. The van der Waals surface area contributed by atoms with Crippen LogP contribution in [0.15, 0.2) is 18.9 Å². The molecule has 22 heavy (non-hydrogen) atoms. The third kappa shape index (κ3) is 6.38. The number of aromatic nitrogens is 3. The molecule has 1 rings (SSSR count). The van der Waals surface area contributed by atoms with Gasteiger partial charge in [-0.1, -0.05) is 11.8 Å². The molecule has 122 valence electrons. The van der Waals surface area contributed by atoms with Crippen molar-refractivity contribution in [2.75, 3.05) is 13.1 Å². The number of ether oxygens (including phenoxy) is 1. The summed E-state index contributed by atoms with van der Waals surface area (Å²) < 4.78 is 6.69. The van der Waals surface area contributed by atoms with Gasteiger partial charge in [0.2, 0.25) is 5.91 Å². The largest absolute Gasteiger partial charge is 0.444 e. The molecule has 0 bridgehead atoms. The van der Waals surface area contributed by atoms with Gasteiger partial charge in [0.05, 0.1) is 6.54 Å². The molecule has 0 aliphatic heterocycles. The van der Waals surface area contributed by atoms with Gasteiger partial charge in [0, 0.05) is 26.3 Å². The maximum atomic E-state index is 11.8. The summed E-state index contributed by atoms with van der Waals surface area (Å²) in [6, 6.07) is 0. The van der Waals surface area contributed by atoms with E-state index < -0.39 is 11.7 Å². The Morgan fingerprint density at radius 1 is 1.50 bits per heavy atom. The molecule has 0 unspecified atom stereocenters. The number of hydrogen-bond donors (Lipinski definition) is 1. The van der Waals surface area contributed by atoms with Crippen molar-refractivity contribution in [2.45, 2.75) is 32.9 Å². The summed E-state index contributed by atoms with van der Waals surface area (Å²) >= 11 is 0. The zero-order valence-electron chi connectivity index (χ0n) is 13.5. The number of nitrogens with one attached hydrogen (secondary N) is 1. The third-order valence-corrected chi connectivity index (χ3v) is 2.54. The summed E-state index contributed by atoms with van der Waals surface area (Å²) in [6.45, 7) is 9.73. The van der Waals surface area contributed by atoms with Crippen LogP contribution in [-0.4, -0.2) is 50.6 Å². The van der Waals surface area contributed by atoms with Gasteiger partial charge in [-0.2, -0.15) is 0 Å². The molecule has 0 radical (unpaired) electrons. The van der Waals surface area contributed by atoms with E-state index in [1.165, 1.54) is 11.0 Å². The van der Waals surface area contributed by atoms with Crippen molar-refractivity contribution < 1.29 is 14.3 Å². The molecule has 0 fully saturated rings. The van der Waals surface area contributed by atoms with Gasteiger partial charge in [-0.25, -0.2) is 4.79 Å². The maximum absolute atomic E-state index is 11.8. The summed E-state index contributed by atoms with van der Waals surface area (Å²) in [5.74, 6) is -0.239. The zero-order valence-corrected chi connectivity index (χ0v) is 13.5. The summed E-state index contributed by atoms with van der Waals surface area (Å²) in [7, 11) is 1.75. The minimum absolute atomic E-state index is 0.239. The Labute approximate surface area is 130 Å². The fourth-order valence-corrected chi connectivity index (χ4v) is 1.67. The van der Waals surface area contributed by atoms with E-state index in [9.17, 15) is 9.59 Å². The topological polar surface area (TPSA) is 89.4 Å². The van der Waals surface area contributed by atoms with Crippen LogP contribution in [0.5, 0.6) is 0 Å². The molecular weight excluding hydrogens is 286 g/mol. The van der Waals surface area contributed by atoms with E-state index in [2.05, 4.69) is 22.2 Å². The number of alkyl carbamates (subject to hydrolysis) is 1. The second-order valence-corrected chi connectivity index (χ2v) is 5.78. The first-order valence-corrected chi connectivity index (χ1v) is 6.94. The van der Waals surface area contributed by atoms with Crippen LogP contribution in [0.1, 0.15) is 26.5 Å². The van der Waals surface area contributed by atoms with Gasteiger partial charge in [0.25, 0.3) is 0 Å².